The second kappa shape index (κ2) is 10.3. The molecule has 0 saturated carbocycles. The average molecular weight is 335 g/mol. The van der Waals surface area contributed by atoms with Gasteiger partial charge < -0.3 is 15.4 Å². The number of carbonyl (C=O) groups excluding carboxylic acids is 1. The van der Waals surface area contributed by atoms with Gasteiger partial charge in [0.25, 0.3) is 0 Å². The number of alkyl carbamates (subject to hydrolysis) is 1. The Morgan fingerprint density at radius 2 is 1.79 bits per heavy atom. The van der Waals surface area contributed by atoms with Gasteiger partial charge in [0.15, 0.2) is 0 Å². The third kappa shape index (κ3) is 7.82. The van der Waals surface area contributed by atoms with Crippen molar-refractivity contribution in [1.82, 2.24) is 10.6 Å². The minimum absolute atomic E-state index is 0.124. The molecule has 1 aliphatic rings. The van der Waals surface area contributed by atoms with Crippen LogP contribution in [-0.2, 0) is 11.2 Å². The van der Waals surface area contributed by atoms with E-state index < -0.39 is 5.60 Å². The van der Waals surface area contributed by atoms with E-state index in [4.69, 9.17) is 4.74 Å². The fourth-order valence-electron chi connectivity index (χ4n) is 2.91. The van der Waals surface area contributed by atoms with Gasteiger partial charge in [0.2, 0.25) is 0 Å². The molecule has 4 heteroatoms. The van der Waals surface area contributed by atoms with Gasteiger partial charge in [0.05, 0.1) is 0 Å². The predicted molar refractivity (Wildman–Crippen MR) is 100 cm³/mol. The molecule has 1 fully saturated rings. The molecule has 1 unspecified atom stereocenters. The molecule has 1 saturated heterocycles. The Morgan fingerprint density at radius 1 is 1.21 bits per heavy atom. The summed E-state index contributed by atoms with van der Waals surface area (Å²) >= 11 is 0. The first-order valence-electron chi connectivity index (χ1n) is 9.18. The van der Waals surface area contributed by atoms with Crippen LogP contribution in [0, 0.1) is 5.92 Å². The maximum Gasteiger partial charge on any atom is 0.407 e. The largest absolute Gasteiger partial charge is 0.444 e. The van der Waals surface area contributed by atoms with Crippen molar-refractivity contribution in [1.29, 1.82) is 0 Å². The van der Waals surface area contributed by atoms with Gasteiger partial charge in [-0.25, -0.2) is 4.79 Å². The van der Waals surface area contributed by atoms with E-state index in [0.29, 0.717) is 5.92 Å². The van der Waals surface area contributed by atoms with E-state index in [1.807, 2.05) is 52.8 Å². The monoisotopic (exact) mass is 334 g/mol. The van der Waals surface area contributed by atoms with Crippen molar-refractivity contribution in [3.63, 3.8) is 0 Å². The fraction of sp³-hybridized carbons (Fsp3) is 0.650. The van der Waals surface area contributed by atoms with E-state index in [9.17, 15) is 4.79 Å². The molecule has 1 aliphatic heterocycles. The average Bonchev–Trinajstić information content (AvgIpc) is 2.56. The van der Waals surface area contributed by atoms with E-state index in [2.05, 4.69) is 22.8 Å². The molecule has 1 aromatic carbocycles. The molecule has 2 rings (SSSR count). The molecule has 0 bridgehead atoms. The normalized spacial score (nSPS) is 16.5. The Kier molecular flexibility index (Phi) is 8.83. The molecule has 2 N–H and O–H groups in total. The number of hydrogen-bond acceptors (Lipinski definition) is 3. The van der Waals surface area contributed by atoms with Crippen LogP contribution in [-0.4, -0.2) is 30.8 Å². The molecular formula is C20H34N2O2. The number of ether oxygens (including phenoxy) is 1. The number of piperidine rings is 1. The summed E-state index contributed by atoms with van der Waals surface area (Å²) in [5.41, 5.74) is 0.789. The van der Waals surface area contributed by atoms with Crippen LogP contribution >= 0.6 is 0 Å². The number of benzene rings is 1. The van der Waals surface area contributed by atoms with Gasteiger partial charge in [-0.2, -0.15) is 0 Å². The van der Waals surface area contributed by atoms with Crippen molar-refractivity contribution >= 4 is 6.09 Å². The Labute approximate surface area is 147 Å². The molecule has 24 heavy (non-hydrogen) atoms. The lowest BCUT2D eigenvalue weighted by atomic mass is 9.86. The Hall–Kier alpha value is -1.55. The first-order valence-corrected chi connectivity index (χ1v) is 9.18. The fourth-order valence-corrected chi connectivity index (χ4v) is 2.91. The molecule has 1 aromatic rings. The van der Waals surface area contributed by atoms with Gasteiger partial charge in [-0.15, -0.1) is 0 Å². The minimum atomic E-state index is -0.463. The number of rotatable bonds is 4. The van der Waals surface area contributed by atoms with Crippen molar-refractivity contribution in [2.24, 2.45) is 5.92 Å². The van der Waals surface area contributed by atoms with Crippen molar-refractivity contribution in [3.8, 4) is 0 Å². The van der Waals surface area contributed by atoms with Gasteiger partial charge in [0, 0.05) is 6.04 Å². The molecule has 1 atom stereocenters. The van der Waals surface area contributed by atoms with Crippen LogP contribution in [0.1, 0.15) is 53.0 Å². The molecule has 1 amide bonds. The summed E-state index contributed by atoms with van der Waals surface area (Å²) in [7, 11) is 0. The van der Waals surface area contributed by atoms with E-state index in [0.717, 1.165) is 32.4 Å². The highest BCUT2D eigenvalue weighted by molar-refractivity contribution is 5.68. The third-order valence-electron chi connectivity index (χ3n) is 3.95. The Bertz CT molecular complexity index is 462. The summed E-state index contributed by atoms with van der Waals surface area (Å²) in [6.45, 7) is 11.7. The Balaban J connectivity index is 0.00000139. The van der Waals surface area contributed by atoms with Crippen LogP contribution < -0.4 is 10.6 Å². The topological polar surface area (TPSA) is 50.4 Å². The zero-order valence-electron chi connectivity index (χ0n) is 15.9. The van der Waals surface area contributed by atoms with E-state index >= 15 is 0 Å². The van der Waals surface area contributed by atoms with E-state index in [1.165, 1.54) is 5.56 Å². The summed E-state index contributed by atoms with van der Waals surface area (Å²) in [6, 6.07) is 10.5. The number of amides is 1. The van der Waals surface area contributed by atoms with E-state index in [-0.39, 0.29) is 12.1 Å². The zero-order valence-corrected chi connectivity index (χ0v) is 15.9. The summed E-state index contributed by atoms with van der Waals surface area (Å²) < 4.78 is 5.43. The van der Waals surface area contributed by atoms with E-state index in [1.54, 1.807) is 0 Å². The molecular weight excluding hydrogens is 300 g/mol. The second-order valence-electron chi connectivity index (χ2n) is 7.03. The molecule has 4 nitrogen and oxygen atoms in total. The quantitative estimate of drug-likeness (QED) is 0.870. The van der Waals surface area contributed by atoms with Gasteiger partial charge in [-0.3, -0.25) is 0 Å². The van der Waals surface area contributed by atoms with Gasteiger partial charge in [-0.05, 0) is 64.6 Å². The number of nitrogens with one attached hydrogen (secondary N) is 2. The first-order chi connectivity index (χ1) is 11.4. The van der Waals surface area contributed by atoms with Crippen molar-refractivity contribution in [2.45, 2.75) is 65.5 Å². The highest BCUT2D eigenvalue weighted by atomic mass is 16.6. The lowest BCUT2D eigenvalue weighted by Gasteiger charge is -2.32. The number of hydrogen-bond donors (Lipinski definition) is 2. The van der Waals surface area contributed by atoms with Crippen LogP contribution in [0.4, 0.5) is 4.79 Å². The third-order valence-corrected chi connectivity index (χ3v) is 3.95. The smallest absolute Gasteiger partial charge is 0.407 e. The SMILES string of the molecule is CC.CC(C)(C)OC(=O)NC(Cc1ccccc1)C1CCNCC1. The summed E-state index contributed by atoms with van der Waals surface area (Å²) in [5.74, 6) is 0.494. The highest BCUT2D eigenvalue weighted by Crippen LogP contribution is 2.20. The predicted octanol–water partition coefficient (Wildman–Crippen LogP) is 4.15. The van der Waals surface area contributed by atoms with Gasteiger partial charge >= 0.3 is 6.09 Å². The molecule has 1 heterocycles. The molecule has 0 radical (unpaired) electrons. The first kappa shape index (κ1) is 20.5. The van der Waals surface area contributed by atoms with Gasteiger partial charge in [0.1, 0.15) is 5.60 Å². The Morgan fingerprint density at radius 3 is 2.33 bits per heavy atom. The van der Waals surface area contributed by atoms with Gasteiger partial charge in [-0.1, -0.05) is 44.2 Å². The minimum Gasteiger partial charge on any atom is -0.444 e. The molecule has 0 spiro atoms. The maximum absolute atomic E-state index is 12.2. The van der Waals surface area contributed by atoms with Crippen molar-refractivity contribution in [3.05, 3.63) is 35.9 Å². The molecule has 0 aliphatic carbocycles. The highest BCUT2D eigenvalue weighted by Gasteiger charge is 2.27. The van der Waals surface area contributed by atoms with Crippen LogP contribution in [0.2, 0.25) is 0 Å². The zero-order chi connectivity index (χ0) is 18.0. The van der Waals surface area contributed by atoms with Crippen molar-refractivity contribution in [2.75, 3.05) is 13.1 Å². The van der Waals surface area contributed by atoms with Crippen LogP contribution in [0.3, 0.4) is 0 Å². The molecule has 136 valence electrons. The van der Waals surface area contributed by atoms with Crippen LogP contribution in [0.5, 0.6) is 0 Å². The maximum atomic E-state index is 12.2. The standard InChI is InChI=1S/C18H28N2O2.C2H6/c1-18(2,3)22-17(21)20-16(15-9-11-19-12-10-15)13-14-7-5-4-6-8-14;1-2/h4-8,15-16,19H,9-13H2,1-3H3,(H,20,21);1-2H3. The lowest BCUT2D eigenvalue weighted by molar-refractivity contribution is 0.0478. The second-order valence-corrected chi connectivity index (χ2v) is 7.03. The van der Waals surface area contributed by atoms with Crippen molar-refractivity contribution < 1.29 is 9.53 Å². The summed E-state index contributed by atoms with van der Waals surface area (Å²) in [4.78, 5) is 12.2. The summed E-state index contributed by atoms with van der Waals surface area (Å²) in [5, 5.41) is 6.48. The number of carbonyl (C=O) groups is 1. The molecule has 0 aromatic heterocycles. The summed E-state index contributed by atoms with van der Waals surface area (Å²) in [6.07, 6.45) is 2.72. The lowest BCUT2D eigenvalue weighted by Crippen LogP contribution is -2.47. The van der Waals surface area contributed by atoms with Crippen LogP contribution in [0.15, 0.2) is 30.3 Å². The van der Waals surface area contributed by atoms with Crippen LogP contribution in [0.25, 0.3) is 0 Å².